The fourth-order valence-electron chi connectivity index (χ4n) is 1.20. The Balaban J connectivity index is 2.48. The monoisotopic (exact) mass is 202 g/mol. The number of benzene rings is 1. The molecule has 1 aromatic carbocycles. The van der Waals surface area contributed by atoms with E-state index in [4.69, 9.17) is 5.73 Å². The van der Waals surface area contributed by atoms with Gasteiger partial charge in [0.2, 0.25) is 0 Å². The minimum absolute atomic E-state index is 0.558. The van der Waals surface area contributed by atoms with Crippen LogP contribution in [0.2, 0.25) is 0 Å². The average Bonchev–Trinajstić information content (AvgIpc) is 2.20. The highest BCUT2D eigenvalue weighted by Gasteiger charge is 1.94. The SMILES string of the molecule is C=C(C)C(N)=NCCc1ccc(C)cc1. The van der Waals surface area contributed by atoms with Crippen molar-refractivity contribution in [3.8, 4) is 0 Å². The van der Waals surface area contributed by atoms with Crippen LogP contribution >= 0.6 is 0 Å². The fraction of sp³-hybridized carbons (Fsp3) is 0.308. The molecule has 0 aliphatic heterocycles. The molecule has 0 aromatic heterocycles. The van der Waals surface area contributed by atoms with Gasteiger partial charge in [0.15, 0.2) is 0 Å². The Morgan fingerprint density at radius 3 is 2.47 bits per heavy atom. The van der Waals surface area contributed by atoms with Crippen molar-refractivity contribution in [3.63, 3.8) is 0 Å². The van der Waals surface area contributed by atoms with Crippen LogP contribution < -0.4 is 5.73 Å². The van der Waals surface area contributed by atoms with Gasteiger partial charge < -0.3 is 5.73 Å². The summed E-state index contributed by atoms with van der Waals surface area (Å²) in [5, 5.41) is 0. The van der Waals surface area contributed by atoms with E-state index in [1.165, 1.54) is 11.1 Å². The van der Waals surface area contributed by atoms with Crippen LogP contribution in [-0.2, 0) is 6.42 Å². The van der Waals surface area contributed by atoms with Crippen molar-refractivity contribution in [1.29, 1.82) is 0 Å². The summed E-state index contributed by atoms with van der Waals surface area (Å²) in [4.78, 5) is 4.24. The standard InChI is InChI=1S/C13H18N2/c1-10(2)13(14)15-9-8-12-6-4-11(3)5-7-12/h4-7H,1,8-9H2,2-3H3,(H2,14,15). The Morgan fingerprint density at radius 1 is 1.33 bits per heavy atom. The molecule has 0 amide bonds. The summed E-state index contributed by atoms with van der Waals surface area (Å²) in [6.45, 7) is 8.41. The predicted octanol–water partition coefficient (Wildman–Crippen LogP) is 2.47. The lowest BCUT2D eigenvalue weighted by Crippen LogP contribution is -2.13. The Kier molecular flexibility index (Phi) is 4.10. The first-order chi connectivity index (χ1) is 7.09. The van der Waals surface area contributed by atoms with Gasteiger partial charge in [0, 0.05) is 6.54 Å². The van der Waals surface area contributed by atoms with Gasteiger partial charge in [-0.15, -0.1) is 0 Å². The molecule has 0 fully saturated rings. The molecule has 0 heterocycles. The van der Waals surface area contributed by atoms with Crippen molar-refractivity contribution in [2.75, 3.05) is 6.54 Å². The number of amidine groups is 1. The Morgan fingerprint density at radius 2 is 1.93 bits per heavy atom. The molecule has 0 atom stereocenters. The van der Waals surface area contributed by atoms with E-state index < -0.39 is 0 Å². The quantitative estimate of drug-likeness (QED) is 0.591. The van der Waals surface area contributed by atoms with Crippen LogP contribution in [-0.4, -0.2) is 12.4 Å². The third-order valence-electron chi connectivity index (χ3n) is 2.24. The highest BCUT2D eigenvalue weighted by Crippen LogP contribution is 2.03. The zero-order chi connectivity index (χ0) is 11.3. The zero-order valence-electron chi connectivity index (χ0n) is 9.46. The second-order valence-corrected chi connectivity index (χ2v) is 3.78. The number of hydrogen-bond acceptors (Lipinski definition) is 1. The van der Waals surface area contributed by atoms with E-state index in [0.717, 1.165) is 18.5 Å². The molecule has 0 unspecified atom stereocenters. The summed E-state index contributed by atoms with van der Waals surface area (Å²) in [7, 11) is 0. The van der Waals surface area contributed by atoms with Gasteiger partial charge in [-0.1, -0.05) is 36.4 Å². The molecule has 0 saturated heterocycles. The average molecular weight is 202 g/mol. The summed E-state index contributed by atoms with van der Waals surface area (Å²) < 4.78 is 0. The Labute approximate surface area is 91.5 Å². The van der Waals surface area contributed by atoms with Gasteiger partial charge in [-0.3, -0.25) is 4.99 Å². The predicted molar refractivity (Wildman–Crippen MR) is 66.2 cm³/mol. The molecule has 2 N–H and O–H groups in total. The number of aliphatic imine (C=N–C) groups is 1. The first-order valence-corrected chi connectivity index (χ1v) is 5.11. The van der Waals surface area contributed by atoms with Gasteiger partial charge in [0.1, 0.15) is 5.84 Å². The highest BCUT2D eigenvalue weighted by atomic mass is 14.8. The normalized spacial score (nSPS) is 11.5. The summed E-state index contributed by atoms with van der Waals surface area (Å²) >= 11 is 0. The lowest BCUT2D eigenvalue weighted by atomic mass is 10.1. The molecule has 80 valence electrons. The molecule has 15 heavy (non-hydrogen) atoms. The maximum atomic E-state index is 5.66. The Hall–Kier alpha value is -1.57. The van der Waals surface area contributed by atoms with E-state index in [1.54, 1.807) is 0 Å². The van der Waals surface area contributed by atoms with Crippen molar-refractivity contribution in [2.24, 2.45) is 10.7 Å². The molecular formula is C13H18N2. The van der Waals surface area contributed by atoms with Gasteiger partial charge in [-0.05, 0) is 31.4 Å². The van der Waals surface area contributed by atoms with E-state index in [1.807, 2.05) is 6.92 Å². The summed E-state index contributed by atoms with van der Waals surface area (Å²) in [5.41, 5.74) is 9.06. The van der Waals surface area contributed by atoms with E-state index in [-0.39, 0.29) is 0 Å². The second-order valence-electron chi connectivity index (χ2n) is 3.78. The van der Waals surface area contributed by atoms with Crippen molar-refractivity contribution in [1.82, 2.24) is 0 Å². The summed E-state index contributed by atoms with van der Waals surface area (Å²) in [6, 6.07) is 8.48. The molecule has 0 radical (unpaired) electrons. The number of rotatable bonds is 4. The minimum atomic E-state index is 0.558. The topological polar surface area (TPSA) is 38.4 Å². The minimum Gasteiger partial charge on any atom is -0.384 e. The third kappa shape index (κ3) is 3.98. The molecule has 0 saturated carbocycles. The third-order valence-corrected chi connectivity index (χ3v) is 2.24. The maximum absolute atomic E-state index is 5.66. The molecule has 2 nitrogen and oxygen atoms in total. The molecule has 0 aliphatic carbocycles. The molecular weight excluding hydrogens is 184 g/mol. The van der Waals surface area contributed by atoms with E-state index in [2.05, 4.69) is 42.8 Å². The van der Waals surface area contributed by atoms with Crippen LogP contribution in [0.5, 0.6) is 0 Å². The molecule has 0 aliphatic rings. The van der Waals surface area contributed by atoms with Gasteiger partial charge in [-0.25, -0.2) is 0 Å². The number of hydrogen-bond donors (Lipinski definition) is 1. The maximum Gasteiger partial charge on any atom is 0.120 e. The van der Waals surface area contributed by atoms with E-state index >= 15 is 0 Å². The van der Waals surface area contributed by atoms with Crippen molar-refractivity contribution in [2.45, 2.75) is 20.3 Å². The zero-order valence-corrected chi connectivity index (χ0v) is 9.46. The van der Waals surface area contributed by atoms with E-state index in [9.17, 15) is 0 Å². The van der Waals surface area contributed by atoms with Gasteiger partial charge in [-0.2, -0.15) is 0 Å². The second kappa shape index (κ2) is 5.35. The fourth-order valence-corrected chi connectivity index (χ4v) is 1.20. The van der Waals surface area contributed by atoms with Crippen LogP contribution in [0.1, 0.15) is 18.1 Å². The largest absolute Gasteiger partial charge is 0.384 e. The van der Waals surface area contributed by atoms with Gasteiger partial charge >= 0.3 is 0 Å². The van der Waals surface area contributed by atoms with Crippen molar-refractivity contribution >= 4 is 5.84 Å². The number of nitrogens with two attached hydrogens (primary N) is 1. The van der Waals surface area contributed by atoms with Crippen LogP contribution in [0.15, 0.2) is 41.4 Å². The first kappa shape index (κ1) is 11.5. The summed E-state index contributed by atoms with van der Waals surface area (Å²) in [5.74, 6) is 0.558. The number of nitrogens with zero attached hydrogens (tertiary/aromatic N) is 1. The van der Waals surface area contributed by atoms with Crippen LogP contribution in [0.4, 0.5) is 0 Å². The van der Waals surface area contributed by atoms with Crippen molar-refractivity contribution in [3.05, 3.63) is 47.5 Å². The first-order valence-electron chi connectivity index (χ1n) is 5.11. The van der Waals surface area contributed by atoms with Gasteiger partial charge in [0.05, 0.1) is 0 Å². The van der Waals surface area contributed by atoms with Crippen LogP contribution in [0.3, 0.4) is 0 Å². The van der Waals surface area contributed by atoms with Crippen LogP contribution in [0, 0.1) is 6.92 Å². The van der Waals surface area contributed by atoms with Gasteiger partial charge in [0.25, 0.3) is 0 Å². The molecule has 0 bridgehead atoms. The highest BCUT2D eigenvalue weighted by molar-refractivity contribution is 5.95. The van der Waals surface area contributed by atoms with Crippen LogP contribution in [0.25, 0.3) is 0 Å². The lowest BCUT2D eigenvalue weighted by molar-refractivity contribution is 0.964. The number of aryl methyl sites for hydroxylation is 1. The van der Waals surface area contributed by atoms with E-state index in [0.29, 0.717) is 5.84 Å². The molecule has 1 rings (SSSR count). The molecule has 2 heteroatoms. The molecule has 0 spiro atoms. The van der Waals surface area contributed by atoms with Crippen molar-refractivity contribution < 1.29 is 0 Å². The Bertz CT molecular complexity index is 361. The smallest absolute Gasteiger partial charge is 0.120 e. The summed E-state index contributed by atoms with van der Waals surface area (Å²) in [6.07, 6.45) is 0.925. The molecule has 1 aromatic rings. The lowest BCUT2D eigenvalue weighted by Gasteiger charge is -2.01.